The Morgan fingerprint density at radius 2 is 1.68 bits per heavy atom. The maximum absolute atomic E-state index is 13.4. The van der Waals surface area contributed by atoms with E-state index in [1.54, 1.807) is 12.1 Å². The monoisotopic (exact) mass is 466 g/mol. The predicted octanol–water partition coefficient (Wildman–Crippen LogP) is 5.47. The zero-order valence-electron chi connectivity index (χ0n) is 17.1. The van der Waals surface area contributed by atoms with Crippen LogP contribution in [0.3, 0.4) is 0 Å². The normalized spacial score (nSPS) is 15.6. The van der Waals surface area contributed by atoms with Crippen molar-refractivity contribution in [2.24, 2.45) is 0 Å². The van der Waals surface area contributed by atoms with Crippen LogP contribution in [0, 0.1) is 10.1 Å². The van der Waals surface area contributed by atoms with Gasteiger partial charge >= 0.3 is 6.18 Å². The summed E-state index contributed by atoms with van der Waals surface area (Å²) in [5.41, 5.74) is -1.74. The van der Waals surface area contributed by atoms with Gasteiger partial charge in [-0.25, -0.2) is 0 Å². The van der Waals surface area contributed by atoms with Crippen LogP contribution >= 0.6 is 0 Å². The zero-order valence-corrected chi connectivity index (χ0v) is 17.1. The molecule has 7 nitrogen and oxygen atoms in total. The summed E-state index contributed by atoms with van der Waals surface area (Å²) in [7, 11) is 0. The molecule has 2 heterocycles. The van der Waals surface area contributed by atoms with Gasteiger partial charge in [-0.15, -0.1) is 0 Å². The number of non-ortho nitro benzene ring substituents is 1. The summed E-state index contributed by atoms with van der Waals surface area (Å²) in [6, 6.07) is 14.3. The Balaban J connectivity index is 1.80. The third-order valence-electron chi connectivity index (χ3n) is 5.63. The maximum atomic E-state index is 13.4. The van der Waals surface area contributed by atoms with Crippen LogP contribution in [0.1, 0.15) is 33.3 Å². The molecule has 0 N–H and O–H groups in total. The van der Waals surface area contributed by atoms with E-state index >= 15 is 0 Å². The number of carbonyl (C=O) groups is 1. The van der Waals surface area contributed by atoms with Crippen LogP contribution in [0.4, 0.5) is 24.5 Å². The van der Waals surface area contributed by atoms with Gasteiger partial charge in [-0.05, 0) is 35.9 Å². The van der Waals surface area contributed by atoms with Crippen molar-refractivity contribution in [2.75, 3.05) is 4.90 Å². The van der Waals surface area contributed by atoms with Crippen molar-refractivity contribution in [2.45, 2.75) is 12.2 Å². The number of anilines is 1. The summed E-state index contributed by atoms with van der Waals surface area (Å²) in [5, 5.41) is 11.5. The van der Waals surface area contributed by atoms with Crippen molar-refractivity contribution in [3.05, 3.63) is 116 Å². The molecule has 0 spiro atoms. The molecule has 1 aliphatic heterocycles. The van der Waals surface area contributed by atoms with Gasteiger partial charge in [0.25, 0.3) is 11.6 Å². The van der Waals surface area contributed by atoms with E-state index in [1.807, 2.05) is 0 Å². The molecular formula is C24H13F3N2O5. The van der Waals surface area contributed by atoms with Gasteiger partial charge in [0.2, 0.25) is 5.76 Å². The molecule has 34 heavy (non-hydrogen) atoms. The molecule has 1 unspecified atom stereocenters. The van der Waals surface area contributed by atoms with E-state index in [0.29, 0.717) is 0 Å². The van der Waals surface area contributed by atoms with Crippen LogP contribution in [-0.2, 0) is 6.18 Å². The first-order valence-corrected chi connectivity index (χ1v) is 9.98. The minimum Gasteiger partial charge on any atom is -0.450 e. The fourth-order valence-corrected chi connectivity index (χ4v) is 4.14. The summed E-state index contributed by atoms with van der Waals surface area (Å²) in [5.74, 6) is -1.15. The number of para-hydroxylation sites is 1. The summed E-state index contributed by atoms with van der Waals surface area (Å²) in [6.07, 6.45) is -4.67. The van der Waals surface area contributed by atoms with Gasteiger partial charge in [-0.3, -0.25) is 24.6 Å². The van der Waals surface area contributed by atoms with E-state index in [9.17, 15) is 32.9 Å². The van der Waals surface area contributed by atoms with E-state index in [-0.39, 0.29) is 39.2 Å². The summed E-state index contributed by atoms with van der Waals surface area (Å²) in [4.78, 5) is 38.6. The molecule has 170 valence electrons. The standard InChI is InChI=1S/C24H13F3N2O5/c25-24(26,27)14-6-4-7-15(12-14)28-20(13-5-3-8-16(11-13)29(32)33)19-21(30)17-9-1-2-10-18(17)34-22(19)23(28)31/h1-12,20H. The first-order chi connectivity index (χ1) is 16.2. The van der Waals surface area contributed by atoms with Crippen LogP contribution in [0.2, 0.25) is 0 Å². The third-order valence-corrected chi connectivity index (χ3v) is 5.63. The molecule has 0 radical (unpaired) electrons. The molecule has 1 atom stereocenters. The van der Waals surface area contributed by atoms with Crippen molar-refractivity contribution >= 4 is 28.3 Å². The molecule has 1 aromatic heterocycles. The molecule has 4 aromatic rings. The molecular weight excluding hydrogens is 453 g/mol. The quantitative estimate of drug-likeness (QED) is 0.295. The second-order valence-electron chi connectivity index (χ2n) is 7.65. The molecule has 0 fully saturated rings. The van der Waals surface area contributed by atoms with Crippen LogP contribution < -0.4 is 10.3 Å². The SMILES string of the molecule is O=C1c2oc3ccccc3c(=O)c2C(c2cccc([N+](=O)[O-])c2)N1c1cccc(C(F)(F)F)c1. The molecule has 0 saturated carbocycles. The van der Waals surface area contributed by atoms with Gasteiger partial charge in [0, 0.05) is 17.8 Å². The molecule has 10 heteroatoms. The van der Waals surface area contributed by atoms with E-state index in [4.69, 9.17) is 4.42 Å². The summed E-state index contributed by atoms with van der Waals surface area (Å²) >= 11 is 0. The van der Waals surface area contributed by atoms with Crippen LogP contribution in [0.15, 0.2) is 82.0 Å². The fraction of sp³-hybridized carbons (Fsp3) is 0.0833. The molecule has 0 aliphatic carbocycles. The lowest BCUT2D eigenvalue weighted by molar-refractivity contribution is -0.384. The van der Waals surface area contributed by atoms with Crippen LogP contribution in [-0.4, -0.2) is 10.8 Å². The smallest absolute Gasteiger partial charge is 0.416 e. The van der Waals surface area contributed by atoms with Gasteiger partial charge < -0.3 is 4.42 Å². The topological polar surface area (TPSA) is 93.7 Å². The number of hydrogen-bond acceptors (Lipinski definition) is 5. The highest BCUT2D eigenvalue weighted by Crippen LogP contribution is 2.43. The number of nitrogens with zero attached hydrogens (tertiary/aromatic N) is 2. The van der Waals surface area contributed by atoms with Gasteiger partial charge in [-0.1, -0.05) is 30.3 Å². The molecule has 1 amide bonds. The number of amides is 1. The number of nitro groups is 1. The van der Waals surface area contributed by atoms with Gasteiger partial charge in [0.15, 0.2) is 5.43 Å². The Kier molecular flexibility index (Phi) is 4.75. The van der Waals surface area contributed by atoms with Crippen molar-refractivity contribution in [1.29, 1.82) is 0 Å². The summed E-state index contributed by atoms with van der Waals surface area (Å²) in [6.45, 7) is 0. The number of halogens is 3. The Labute approximate surface area is 188 Å². The van der Waals surface area contributed by atoms with Gasteiger partial charge in [0.1, 0.15) is 5.58 Å². The highest BCUT2D eigenvalue weighted by molar-refractivity contribution is 6.10. The zero-order chi connectivity index (χ0) is 24.2. The highest BCUT2D eigenvalue weighted by Gasteiger charge is 2.44. The average molecular weight is 466 g/mol. The number of benzene rings is 3. The lowest BCUT2D eigenvalue weighted by Crippen LogP contribution is -2.29. The first kappa shape index (κ1) is 21.4. The van der Waals surface area contributed by atoms with Gasteiger partial charge in [0.05, 0.1) is 27.5 Å². The maximum Gasteiger partial charge on any atom is 0.416 e. The Hall–Kier alpha value is -4.47. The second kappa shape index (κ2) is 7.55. The number of rotatable bonds is 3. The van der Waals surface area contributed by atoms with E-state index in [2.05, 4.69) is 0 Å². The minimum atomic E-state index is -4.67. The van der Waals surface area contributed by atoms with Crippen molar-refractivity contribution in [3.63, 3.8) is 0 Å². The first-order valence-electron chi connectivity index (χ1n) is 9.98. The number of fused-ring (bicyclic) bond motifs is 2. The Morgan fingerprint density at radius 1 is 0.941 bits per heavy atom. The molecule has 0 saturated heterocycles. The Bertz CT molecular complexity index is 1540. The minimum absolute atomic E-state index is 0.0957. The predicted molar refractivity (Wildman–Crippen MR) is 116 cm³/mol. The van der Waals surface area contributed by atoms with Crippen molar-refractivity contribution < 1.29 is 27.3 Å². The van der Waals surface area contributed by atoms with E-state index in [1.165, 1.54) is 42.5 Å². The highest BCUT2D eigenvalue weighted by atomic mass is 19.4. The average Bonchev–Trinajstić information content (AvgIpc) is 3.11. The second-order valence-corrected chi connectivity index (χ2v) is 7.65. The van der Waals surface area contributed by atoms with Crippen LogP contribution in [0.25, 0.3) is 11.0 Å². The van der Waals surface area contributed by atoms with E-state index in [0.717, 1.165) is 23.1 Å². The lowest BCUT2D eigenvalue weighted by atomic mass is 9.97. The lowest BCUT2D eigenvalue weighted by Gasteiger charge is -2.25. The molecule has 3 aromatic carbocycles. The number of hydrogen-bond donors (Lipinski definition) is 0. The molecule has 5 rings (SSSR count). The number of carbonyl (C=O) groups excluding carboxylic acids is 1. The third kappa shape index (κ3) is 3.31. The molecule has 0 bridgehead atoms. The largest absolute Gasteiger partial charge is 0.450 e. The van der Waals surface area contributed by atoms with Crippen LogP contribution in [0.5, 0.6) is 0 Å². The molecule has 1 aliphatic rings. The number of nitro benzene ring substituents is 1. The van der Waals surface area contributed by atoms with Crippen molar-refractivity contribution in [1.82, 2.24) is 0 Å². The Morgan fingerprint density at radius 3 is 2.41 bits per heavy atom. The number of alkyl halides is 3. The summed E-state index contributed by atoms with van der Waals surface area (Å²) < 4.78 is 45.9. The fourth-order valence-electron chi connectivity index (χ4n) is 4.14. The van der Waals surface area contributed by atoms with Gasteiger partial charge in [-0.2, -0.15) is 13.2 Å². The van der Waals surface area contributed by atoms with Crippen molar-refractivity contribution in [3.8, 4) is 0 Å². The van der Waals surface area contributed by atoms with E-state index < -0.39 is 34.0 Å².